The van der Waals surface area contributed by atoms with Crippen LogP contribution in [0.2, 0.25) is 0 Å². The molecule has 0 aliphatic rings. The molecule has 0 heterocycles. The molecule has 0 spiro atoms. The van der Waals surface area contributed by atoms with Crippen molar-refractivity contribution in [3.8, 4) is 0 Å². The van der Waals surface area contributed by atoms with Gasteiger partial charge in [-0.3, -0.25) is 0 Å². The van der Waals surface area contributed by atoms with Crippen molar-refractivity contribution in [3.63, 3.8) is 0 Å². The van der Waals surface area contributed by atoms with E-state index in [0.717, 1.165) is 6.42 Å². The number of sulfonamides is 1. The number of likely N-dealkylation sites (N-methyl/N-ethyl adjacent to an activating group) is 1. The Balaban J connectivity index is 2.46. The van der Waals surface area contributed by atoms with Gasteiger partial charge in [-0.25, -0.2) is 13.1 Å². The fraction of sp³-hybridized carbons (Fsp3) is 0.571. The van der Waals surface area contributed by atoms with E-state index in [-0.39, 0.29) is 5.75 Å². The zero-order chi connectivity index (χ0) is 15.2. The van der Waals surface area contributed by atoms with E-state index in [0.29, 0.717) is 30.4 Å². The van der Waals surface area contributed by atoms with Crippen molar-refractivity contribution in [2.45, 2.75) is 32.1 Å². The first-order chi connectivity index (χ1) is 9.34. The molecule has 20 heavy (non-hydrogen) atoms. The predicted octanol–water partition coefficient (Wildman–Crippen LogP) is 1.42. The van der Waals surface area contributed by atoms with Crippen LogP contribution >= 0.6 is 0 Å². The van der Waals surface area contributed by atoms with Gasteiger partial charge in [0.1, 0.15) is 0 Å². The summed E-state index contributed by atoms with van der Waals surface area (Å²) in [7, 11) is -1.31. The van der Waals surface area contributed by atoms with Crippen LogP contribution in [-0.4, -0.2) is 39.5 Å². The Bertz CT molecular complexity index is 517. The van der Waals surface area contributed by atoms with Crippen LogP contribution in [0.1, 0.15) is 25.8 Å². The van der Waals surface area contributed by atoms with Crippen LogP contribution in [0, 0.1) is 0 Å². The normalized spacial score (nSPS) is 13.6. The molecule has 114 valence electrons. The minimum absolute atomic E-state index is 0.0366. The number of nitrogens with two attached hydrogens (primary N) is 1. The molecule has 1 rings (SSSR count). The molecule has 1 aromatic carbocycles. The van der Waals surface area contributed by atoms with E-state index in [4.69, 9.17) is 5.73 Å². The molecule has 0 aromatic heterocycles. The Morgan fingerprint density at radius 2 is 2.10 bits per heavy atom. The summed E-state index contributed by atoms with van der Waals surface area (Å²) < 4.78 is 26.5. The number of rotatable bonds is 8. The molecular formula is C14H25N3O2S. The fourth-order valence-electron chi connectivity index (χ4n) is 1.86. The maximum atomic E-state index is 12.0. The third-order valence-corrected chi connectivity index (χ3v) is 4.79. The second-order valence-electron chi connectivity index (χ2n) is 5.14. The molecule has 0 radical (unpaired) electrons. The minimum Gasteiger partial charge on any atom is -0.399 e. The summed E-state index contributed by atoms with van der Waals surface area (Å²) in [5, 5.41) is 0. The van der Waals surface area contributed by atoms with Crippen molar-refractivity contribution in [2.75, 3.05) is 25.9 Å². The average molecular weight is 299 g/mol. The lowest BCUT2D eigenvalue weighted by Gasteiger charge is -2.23. The van der Waals surface area contributed by atoms with E-state index < -0.39 is 10.0 Å². The number of nitrogens with one attached hydrogen (secondary N) is 1. The van der Waals surface area contributed by atoms with E-state index in [1.165, 1.54) is 0 Å². The van der Waals surface area contributed by atoms with E-state index in [2.05, 4.69) is 23.5 Å². The van der Waals surface area contributed by atoms with Crippen LogP contribution in [0.15, 0.2) is 24.3 Å². The van der Waals surface area contributed by atoms with Gasteiger partial charge < -0.3 is 10.6 Å². The molecule has 0 aliphatic heterocycles. The summed E-state index contributed by atoms with van der Waals surface area (Å²) in [6.07, 6.45) is 1.05. The van der Waals surface area contributed by atoms with Gasteiger partial charge in [0, 0.05) is 24.8 Å². The Morgan fingerprint density at radius 3 is 2.70 bits per heavy atom. The molecule has 0 saturated carbocycles. The monoisotopic (exact) mass is 299 g/mol. The SMILES string of the molecule is CCC(C)N(C)CCNS(=O)(=O)Cc1cccc(N)c1. The molecule has 0 amide bonds. The van der Waals surface area contributed by atoms with Crippen molar-refractivity contribution in [3.05, 3.63) is 29.8 Å². The van der Waals surface area contributed by atoms with Gasteiger partial charge in [0.25, 0.3) is 0 Å². The number of nitrogen functional groups attached to an aromatic ring is 1. The Hall–Kier alpha value is -1.11. The fourth-order valence-corrected chi connectivity index (χ4v) is 2.99. The van der Waals surface area contributed by atoms with E-state index in [1.54, 1.807) is 24.3 Å². The van der Waals surface area contributed by atoms with E-state index in [9.17, 15) is 8.42 Å². The predicted molar refractivity (Wildman–Crippen MR) is 83.9 cm³/mol. The van der Waals surface area contributed by atoms with Crippen LogP contribution in [0.25, 0.3) is 0 Å². The van der Waals surface area contributed by atoms with Crippen LogP contribution < -0.4 is 10.5 Å². The zero-order valence-electron chi connectivity index (χ0n) is 12.5. The molecule has 0 aliphatic carbocycles. The smallest absolute Gasteiger partial charge is 0.215 e. The molecule has 5 nitrogen and oxygen atoms in total. The summed E-state index contributed by atoms with van der Waals surface area (Å²) in [4.78, 5) is 2.14. The molecule has 1 unspecified atom stereocenters. The zero-order valence-corrected chi connectivity index (χ0v) is 13.3. The number of nitrogens with zero attached hydrogens (tertiary/aromatic N) is 1. The lowest BCUT2D eigenvalue weighted by molar-refractivity contribution is 0.256. The standard InChI is InChI=1S/C14H25N3O2S/c1-4-12(2)17(3)9-8-16-20(18,19)11-13-6-5-7-14(15)10-13/h5-7,10,12,16H,4,8-9,11,15H2,1-3H3. The number of hydrogen-bond donors (Lipinski definition) is 2. The van der Waals surface area contributed by atoms with Crippen LogP contribution in [-0.2, 0) is 15.8 Å². The number of anilines is 1. The Kier molecular flexibility index (Phi) is 6.45. The van der Waals surface area contributed by atoms with Crippen LogP contribution in [0.5, 0.6) is 0 Å². The van der Waals surface area contributed by atoms with Crippen LogP contribution in [0.3, 0.4) is 0 Å². The second-order valence-corrected chi connectivity index (χ2v) is 6.94. The van der Waals surface area contributed by atoms with Gasteiger partial charge in [0.2, 0.25) is 10.0 Å². The summed E-state index contributed by atoms with van der Waals surface area (Å²) in [6, 6.07) is 7.40. The highest BCUT2D eigenvalue weighted by molar-refractivity contribution is 7.88. The van der Waals surface area contributed by atoms with Crippen molar-refractivity contribution in [2.24, 2.45) is 0 Å². The molecule has 6 heteroatoms. The average Bonchev–Trinajstić information content (AvgIpc) is 2.36. The molecule has 0 bridgehead atoms. The highest BCUT2D eigenvalue weighted by atomic mass is 32.2. The number of hydrogen-bond acceptors (Lipinski definition) is 4. The lowest BCUT2D eigenvalue weighted by Crippen LogP contribution is -2.37. The van der Waals surface area contributed by atoms with Gasteiger partial charge in [-0.15, -0.1) is 0 Å². The lowest BCUT2D eigenvalue weighted by atomic mass is 10.2. The van der Waals surface area contributed by atoms with Crippen molar-refractivity contribution in [1.82, 2.24) is 9.62 Å². The molecule has 1 aromatic rings. The molecule has 1 atom stereocenters. The van der Waals surface area contributed by atoms with Gasteiger partial charge in [0.05, 0.1) is 5.75 Å². The third-order valence-electron chi connectivity index (χ3n) is 3.44. The molecule has 3 N–H and O–H groups in total. The van der Waals surface area contributed by atoms with E-state index in [1.807, 2.05) is 7.05 Å². The topological polar surface area (TPSA) is 75.4 Å². The molecule has 0 saturated heterocycles. The largest absolute Gasteiger partial charge is 0.399 e. The Labute approximate surface area is 122 Å². The van der Waals surface area contributed by atoms with Gasteiger partial charge >= 0.3 is 0 Å². The minimum atomic E-state index is -3.31. The number of benzene rings is 1. The highest BCUT2D eigenvalue weighted by Gasteiger charge is 2.12. The first-order valence-corrected chi connectivity index (χ1v) is 8.51. The van der Waals surface area contributed by atoms with Gasteiger partial charge in [-0.05, 0) is 38.1 Å². The summed E-state index contributed by atoms with van der Waals surface area (Å²) >= 11 is 0. The maximum absolute atomic E-state index is 12.0. The van der Waals surface area contributed by atoms with Crippen molar-refractivity contribution < 1.29 is 8.42 Å². The van der Waals surface area contributed by atoms with Crippen LogP contribution in [0.4, 0.5) is 5.69 Å². The molecular weight excluding hydrogens is 274 g/mol. The summed E-state index contributed by atoms with van der Waals surface area (Å²) in [6.45, 7) is 5.36. The third kappa shape index (κ3) is 5.90. The van der Waals surface area contributed by atoms with Gasteiger partial charge in [-0.1, -0.05) is 19.1 Å². The molecule has 0 fully saturated rings. The van der Waals surface area contributed by atoms with Gasteiger partial charge in [0.15, 0.2) is 0 Å². The summed E-state index contributed by atoms with van der Waals surface area (Å²) in [5.74, 6) is -0.0366. The summed E-state index contributed by atoms with van der Waals surface area (Å²) in [5.41, 5.74) is 6.92. The quantitative estimate of drug-likeness (QED) is 0.712. The maximum Gasteiger partial charge on any atom is 0.215 e. The van der Waals surface area contributed by atoms with E-state index >= 15 is 0 Å². The van der Waals surface area contributed by atoms with Crippen molar-refractivity contribution in [1.29, 1.82) is 0 Å². The first-order valence-electron chi connectivity index (χ1n) is 6.86. The second kappa shape index (κ2) is 7.61. The highest BCUT2D eigenvalue weighted by Crippen LogP contribution is 2.09. The van der Waals surface area contributed by atoms with Crippen molar-refractivity contribution >= 4 is 15.7 Å². The van der Waals surface area contributed by atoms with Gasteiger partial charge in [-0.2, -0.15) is 0 Å². The first kappa shape index (κ1) is 16.9. The Morgan fingerprint density at radius 1 is 1.40 bits per heavy atom.